The molecule has 0 unspecified atom stereocenters. The number of hydrogen-bond acceptors (Lipinski definition) is 4. The normalized spacial score (nSPS) is 13.8. The van der Waals surface area contributed by atoms with Crippen molar-refractivity contribution in [1.82, 2.24) is 20.0 Å². The van der Waals surface area contributed by atoms with Gasteiger partial charge in [-0.3, -0.25) is 9.48 Å². The molecule has 1 fully saturated rings. The predicted molar refractivity (Wildman–Crippen MR) is 92.5 cm³/mol. The summed E-state index contributed by atoms with van der Waals surface area (Å²) in [6.07, 6.45) is -0.317. The topological polar surface area (TPSA) is 76.5 Å². The van der Waals surface area contributed by atoms with E-state index in [0.717, 1.165) is 17.0 Å². The largest absolute Gasteiger partial charge is 0.448 e. The molecule has 2 heterocycles. The van der Waals surface area contributed by atoms with E-state index < -0.39 is 0 Å². The Balaban J connectivity index is 1.51. The molecule has 0 spiro atoms. The number of ether oxygens (including phenoxy) is 1. The Bertz CT molecular complexity index is 767. The van der Waals surface area contributed by atoms with Crippen LogP contribution in [0.25, 0.3) is 0 Å². The fourth-order valence-corrected chi connectivity index (χ4v) is 2.80. The molecule has 1 N–H and O–H groups in total. The third-order valence-electron chi connectivity index (χ3n) is 4.16. The van der Waals surface area contributed by atoms with Gasteiger partial charge in [-0.1, -0.05) is 12.1 Å². The maximum atomic E-state index is 12.2. The third kappa shape index (κ3) is 4.17. The summed E-state index contributed by atoms with van der Waals surface area (Å²) in [4.78, 5) is 25.1. The average Bonchev–Trinajstić information content (AvgIpc) is 3.13. The van der Waals surface area contributed by atoms with Crippen LogP contribution in [0.1, 0.15) is 27.3 Å². The van der Waals surface area contributed by atoms with E-state index in [-0.39, 0.29) is 12.0 Å². The highest BCUT2D eigenvalue weighted by Crippen LogP contribution is 2.09. The van der Waals surface area contributed by atoms with Crippen molar-refractivity contribution >= 4 is 12.0 Å². The van der Waals surface area contributed by atoms with Crippen molar-refractivity contribution in [3.05, 3.63) is 52.8 Å². The van der Waals surface area contributed by atoms with E-state index in [9.17, 15) is 9.59 Å². The van der Waals surface area contributed by atoms with Crippen molar-refractivity contribution in [3.63, 3.8) is 0 Å². The van der Waals surface area contributed by atoms with Gasteiger partial charge in [0.15, 0.2) is 0 Å². The van der Waals surface area contributed by atoms with Gasteiger partial charge in [-0.25, -0.2) is 4.79 Å². The van der Waals surface area contributed by atoms with Crippen molar-refractivity contribution in [3.8, 4) is 0 Å². The average molecular weight is 342 g/mol. The van der Waals surface area contributed by atoms with E-state index in [1.54, 1.807) is 17.0 Å². The molecule has 7 heteroatoms. The number of benzene rings is 1. The van der Waals surface area contributed by atoms with Crippen LogP contribution in [-0.4, -0.2) is 52.9 Å². The SMILES string of the molecule is Cc1cc(C)n(Cc2ccc(C(=O)NCCN3CCOC3=O)cc2)n1. The lowest BCUT2D eigenvalue weighted by Gasteiger charge is -2.13. The van der Waals surface area contributed by atoms with Gasteiger partial charge >= 0.3 is 6.09 Å². The van der Waals surface area contributed by atoms with E-state index in [4.69, 9.17) is 4.74 Å². The number of nitrogens with zero attached hydrogens (tertiary/aromatic N) is 3. The van der Waals surface area contributed by atoms with Gasteiger partial charge in [0.1, 0.15) is 6.61 Å². The van der Waals surface area contributed by atoms with Crippen LogP contribution < -0.4 is 5.32 Å². The summed E-state index contributed by atoms with van der Waals surface area (Å²) in [5.41, 5.74) is 3.79. The van der Waals surface area contributed by atoms with E-state index in [1.807, 2.05) is 36.7 Å². The summed E-state index contributed by atoms with van der Waals surface area (Å²) in [7, 11) is 0. The summed E-state index contributed by atoms with van der Waals surface area (Å²) in [5, 5.41) is 7.26. The zero-order valence-corrected chi connectivity index (χ0v) is 14.5. The Kier molecular flexibility index (Phi) is 5.02. The Labute approximate surface area is 146 Å². The molecule has 1 aromatic heterocycles. The van der Waals surface area contributed by atoms with Gasteiger partial charge in [-0.2, -0.15) is 5.10 Å². The highest BCUT2D eigenvalue weighted by atomic mass is 16.6. The zero-order valence-electron chi connectivity index (χ0n) is 14.5. The van der Waals surface area contributed by atoms with Crippen molar-refractivity contribution in [2.45, 2.75) is 20.4 Å². The van der Waals surface area contributed by atoms with E-state index in [1.165, 1.54) is 0 Å². The number of carbonyl (C=O) groups excluding carboxylic acids is 2. The molecular weight excluding hydrogens is 320 g/mol. The molecule has 132 valence electrons. The number of nitrogens with one attached hydrogen (secondary N) is 1. The van der Waals surface area contributed by atoms with Crippen LogP contribution in [0.4, 0.5) is 4.79 Å². The molecule has 1 aromatic carbocycles. The molecule has 0 aliphatic carbocycles. The van der Waals surface area contributed by atoms with Gasteiger partial charge in [0, 0.05) is 24.3 Å². The molecule has 1 aliphatic heterocycles. The quantitative estimate of drug-likeness (QED) is 0.867. The summed E-state index contributed by atoms with van der Waals surface area (Å²) >= 11 is 0. The Morgan fingerprint density at radius 3 is 2.64 bits per heavy atom. The highest BCUT2D eigenvalue weighted by Gasteiger charge is 2.21. The minimum Gasteiger partial charge on any atom is -0.448 e. The monoisotopic (exact) mass is 342 g/mol. The van der Waals surface area contributed by atoms with Crippen LogP contribution in [0.3, 0.4) is 0 Å². The van der Waals surface area contributed by atoms with Gasteiger partial charge in [-0.15, -0.1) is 0 Å². The summed E-state index contributed by atoms with van der Waals surface area (Å²) < 4.78 is 6.79. The molecule has 1 saturated heterocycles. The van der Waals surface area contributed by atoms with Gasteiger partial charge in [0.25, 0.3) is 5.91 Å². The second-order valence-electron chi connectivity index (χ2n) is 6.14. The third-order valence-corrected chi connectivity index (χ3v) is 4.16. The molecule has 0 bridgehead atoms. The first-order valence-corrected chi connectivity index (χ1v) is 8.33. The summed E-state index contributed by atoms with van der Waals surface area (Å²) in [6, 6.07) is 9.52. The number of hydrogen-bond donors (Lipinski definition) is 1. The van der Waals surface area contributed by atoms with Crippen LogP contribution in [0, 0.1) is 13.8 Å². The summed E-state index contributed by atoms with van der Waals surface area (Å²) in [6.45, 7) is 6.54. The van der Waals surface area contributed by atoms with Crippen LogP contribution in [0.15, 0.2) is 30.3 Å². The lowest BCUT2D eigenvalue weighted by molar-refractivity contribution is 0.0949. The number of amides is 2. The standard InChI is InChI=1S/C18H22N4O3/c1-13-11-14(2)22(20-13)12-15-3-5-16(6-4-15)17(23)19-7-8-21-9-10-25-18(21)24/h3-6,11H,7-10,12H2,1-2H3,(H,19,23). The van der Waals surface area contributed by atoms with Crippen molar-refractivity contribution < 1.29 is 14.3 Å². The number of aryl methyl sites for hydroxylation is 2. The number of cyclic esters (lactones) is 1. The van der Waals surface area contributed by atoms with E-state index in [0.29, 0.717) is 38.3 Å². The number of rotatable bonds is 6. The first kappa shape index (κ1) is 17.0. The molecule has 3 rings (SSSR count). The van der Waals surface area contributed by atoms with E-state index >= 15 is 0 Å². The Morgan fingerprint density at radius 1 is 1.28 bits per heavy atom. The van der Waals surface area contributed by atoms with Crippen LogP contribution >= 0.6 is 0 Å². The van der Waals surface area contributed by atoms with Crippen LogP contribution in [0.5, 0.6) is 0 Å². The molecule has 0 atom stereocenters. The molecular formula is C18H22N4O3. The van der Waals surface area contributed by atoms with Crippen LogP contribution in [0.2, 0.25) is 0 Å². The van der Waals surface area contributed by atoms with Crippen LogP contribution in [-0.2, 0) is 11.3 Å². The zero-order chi connectivity index (χ0) is 17.8. The van der Waals surface area contributed by atoms with Crippen molar-refractivity contribution in [1.29, 1.82) is 0 Å². The van der Waals surface area contributed by atoms with Crippen molar-refractivity contribution in [2.75, 3.05) is 26.2 Å². The number of aromatic nitrogens is 2. The fraction of sp³-hybridized carbons (Fsp3) is 0.389. The van der Waals surface area contributed by atoms with Gasteiger partial charge in [-0.05, 0) is 37.6 Å². The highest BCUT2D eigenvalue weighted by molar-refractivity contribution is 5.94. The Morgan fingerprint density at radius 2 is 2.04 bits per heavy atom. The van der Waals surface area contributed by atoms with Crippen molar-refractivity contribution in [2.24, 2.45) is 0 Å². The molecule has 25 heavy (non-hydrogen) atoms. The minimum atomic E-state index is -0.317. The molecule has 7 nitrogen and oxygen atoms in total. The van der Waals surface area contributed by atoms with Gasteiger partial charge in [0.2, 0.25) is 0 Å². The minimum absolute atomic E-state index is 0.148. The maximum absolute atomic E-state index is 12.2. The summed E-state index contributed by atoms with van der Waals surface area (Å²) in [5.74, 6) is -0.148. The fourth-order valence-electron chi connectivity index (χ4n) is 2.80. The first-order chi connectivity index (χ1) is 12.0. The van der Waals surface area contributed by atoms with Gasteiger partial charge < -0.3 is 15.0 Å². The first-order valence-electron chi connectivity index (χ1n) is 8.33. The molecule has 0 radical (unpaired) electrons. The molecule has 1 aliphatic rings. The smallest absolute Gasteiger partial charge is 0.409 e. The van der Waals surface area contributed by atoms with E-state index in [2.05, 4.69) is 10.4 Å². The maximum Gasteiger partial charge on any atom is 0.409 e. The molecule has 0 saturated carbocycles. The Hall–Kier alpha value is -2.83. The second kappa shape index (κ2) is 7.38. The van der Waals surface area contributed by atoms with Gasteiger partial charge in [0.05, 0.1) is 18.8 Å². The second-order valence-corrected chi connectivity index (χ2v) is 6.14. The predicted octanol–water partition coefficient (Wildman–Crippen LogP) is 1.73. The molecule has 2 amide bonds. The lowest BCUT2D eigenvalue weighted by atomic mass is 10.1. The lowest BCUT2D eigenvalue weighted by Crippen LogP contribution is -2.35. The number of carbonyl (C=O) groups is 2. The molecule has 2 aromatic rings.